The molecule has 0 aliphatic carbocycles. The molecule has 0 fully saturated rings. The van der Waals surface area contributed by atoms with Gasteiger partial charge in [-0.2, -0.15) is 0 Å². The SMILES string of the molecule is CC(C)COc1ccccc1CNC(=O)N[C@H](C)C(=O)N(C)C. The Morgan fingerprint density at radius 2 is 1.83 bits per heavy atom. The fourth-order valence-electron chi connectivity index (χ4n) is 1.92. The van der Waals surface area contributed by atoms with Gasteiger partial charge in [0.05, 0.1) is 6.61 Å². The first-order valence-corrected chi connectivity index (χ1v) is 7.77. The van der Waals surface area contributed by atoms with Gasteiger partial charge in [0.15, 0.2) is 0 Å². The maximum absolute atomic E-state index is 11.9. The summed E-state index contributed by atoms with van der Waals surface area (Å²) in [7, 11) is 3.31. The van der Waals surface area contributed by atoms with Crippen LogP contribution in [0.4, 0.5) is 4.79 Å². The number of benzene rings is 1. The quantitative estimate of drug-likeness (QED) is 0.807. The standard InChI is InChI=1S/C17H27N3O3/c1-12(2)11-23-15-9-7-6-8-14(15)10-18-17(22)19-13(3)16(21)20(4)5/h6-9,12-13H,10-11H2,1-5H3,(H2,18,19,22)/t13-/m1/s1. The Kier molecular flexibility index (Phi) is 7.38. The highest BCUT2D eigenvalue weighted by Gasteiger charge is 2.17. The number of ether oxygens (including phenoxy) is 1. The fourth-order valence-corrected chi connectivity index (χ4v) is 1.92. The van der Waals surface area contributed by atoms with Gasteiger partial charge in [0.2, 0.25) is 5.91 Å². The summed E-state index contributed by atoms with van der Waals surface area (Å²) in [4.78, 5) is 25.1. The maximum atomic E-state index is 11.9. The fraction of sp³-hybridized carbons (Fsp3) is 0.529. The molecule has 6 heteroatoms. The van der Waals surface area contributed by atoms with Crippen molar-refractivity contribution in [2.45, 2.75) is 33.4 Å². The lowest BCUT2D eigenvalue weighted by Crippen LogP contribution is -2.47. The van der Waals surface area contributed by atoms with Crippen molar-refractivity contribution in [2.24, 2.45) is 5.92 Å². The molecule has 0 radical (unpaired) electrons. The summed E-state index contributed by atoms with van der Waals surface area (Å²) in [6.07, 6.45) is 0. The number of carbonyl (C=O) groups is 2. The smallest absolute Gasteiger partial charge is 0.315 e. The minimum atomic E-state index is -0.572. The van der Waals surface area contributed by atoms with Crippen LogP contribution in [0.2, 0.25) is 0 Å². The van der Waals surface area contributed by atoms with Crippen LogP contribution in [0.15, 0.2) is 24.3 Å². The number of amides is 3. The molecule has 1 aromatic rings. The molecule has 0 aliphatic rings. The van der Waals surface area contributed by atoms with Gasteiger partial charge in [-0.25, -0.2) is 4.79 Å². The average Bonchev–Trinajstić information content (AvgIpc) is 2.50. The zero-order chi connectivity index (χ0) is 17.4. The van der Waals surface area contributed by atoms with Crippen LogP contribution in [0.25, 0.3) is 0 Å². The Morgan fingerprint density at radius 3 is 2.43 bits per heavy atom. The molecule has 0 unspecified atom stereocenters. The first-order valence-electron chi connectivity index (χ1n) is 7.77. The van der Waals surface area contributed by atoms with E-state index in [9.17, 15) is 9.59 Å². The van der Waals surface area contributed by atoms with Crippen molar-refractivity contribution in [3.05, 3.63) is 29.8 Å². The lowest BCUT2D eigenvalue weighted by Gasteiger charge is -2.18. The van der Waals surface area contributed by atoms with E-state index in [0.717, 1.165) is 11.3 Å². The zero-order valence-corrected chi connectivity index (χ0v) is 14.6. The second-order valence-electron chi connectivity index (χ2n) is 6.09. The summed E-state index contributed by atoms with van der Waals surface area (Å²) in [5.41, 5.74) is 0.898. The molecule has 128 valence electrons. The normalized spacial score (nSPS) is 11.7. The molecular weight excluding hydrogens is 294 g/mol. The topological polar surface area (TPSA) is 70.7 Å². The summed E-state index contributed by atoms with van der Waals surface area (Å²) in [6, 6.07) is 6.63. The predicted octanol–water partition coefficient (Wildman–Crippen LogP) is 2.00. The third-order valence-electron chi connectivity index (χ3n) is 3.14. The third kappa shape index (κ3) is 6.59. The highest BCUT2D eigenvalue weighted by Crippen LogP contribution is 2.18. The predicted molar refractivity (Wildman–Crippen MR) is 90.3 cm³/mol. The molecule has 3 amide bonds. The molecule has 0 spiro atoms. The van der Waals surface area contributed by atoms with Crippen molar-refractivity contribution in [2.75, 3.05) is 20.7 Å². The summed E-state index contributed by atoms with van der Waals surface area (Å²) in [5, 5.41) is 5.37. The number of rotatable bonds is 7. The van der Waals surface area contributed by atoms with Crippen molar-refractivity contribution in [3.63, 3.8) is 0 Å². The van der Waals surface area contributed by atoms with Gasteiger partial charge in [-0.05, 0) is 18.9 Å². The molecule has 0 aromatic heterocycles. The molecule has 6 nitrogen and oxygen atoms in total. The summed E-state index contributed by atoms with van der Waals surface area (Å²) < 4.78 is 5.75. The van der Waals surface area contributed by atoms with E-state index >= 15 is 0 Å². The number of urea groups is 1. The Bertz CT molecular complexity index is 530. The molecular formula is C17H27N3O3. The first-order chi connectivity index (χ1) is 10.8. The molecule has 0 saturated heterocycles. The Balaban J connectivity index is 2.54. The van der Waals surface area contributed by atoms with Crippen molar-refractivity contribution in [1.82, 2.24) is 15.5 Å². The second kappa shape index (κ2) is 9.02. The first kappa shape index (κ1) is 18.8. The highest BCUT2D eigenvalue weighted by atomic mass is 16.5. The third-order valence-corrected chi connectivity index (χ3v) is 3.14. The number of nitrogens with zero attached hydrogens (tertiary/aromatic N) is 1. The number of para-hydroxylation sites is 1. The van der Waals surface area contributed by atoms with Gasteiger partial charge >= 0.3 is 6.03 Å². The molecule has 1 rings (SSSR count). The molecule has 0 heterocycles. The molecule has 0 aliphatic heterocycles. The van der Waals surface area contributed by atoms with E-state index < -0.39 is 6.04 Å². The zero-order valence-electron chi connectivity index (χ0n) is 14.6. The molecule has 2 N–H and O–H groups in total. The average molecular weight is 321 g/mol. The molecule has 0 saturated carbocycles. The van der Waals surface area contributed by atoms with Gasteiger partial charge in [0, 0.05) is 26.2 Å². The monoisotopic (exact) mass is 321 g/mol. The van der Waals surface area contributed by atoms with E-state index in [1.165, 1.54) is 4.90 Å². The van der Waals surface area contributed by atoms with Crippen LogP contribution in [0, 0.1) is 5.92 Å². The van der Waals surface area contributed by atoms with Crippen LogP contribution in [0.1, 0.15) is 26.3 Å². The van der Waals surface area contributed by atoms with E-state index in [1.54, 1.807) is 21.0 Å². The van der Waals surface area contributed by atoms with Gasteiger partial charge in [0.1, 0.15) is 11.8 Å². The van der Waals surface area contributed by atoms with Gasteiger partial charge in [-0.3, -0.25) is 4.79 Å². The molecule has 23 heavy (non-hydrogen) atoms. The van der Waals surface area contributed by atoms with Crippen LogP contribution >= 0.6 is 0 Å². The van der Waals surface area contributed by atoms with Gasteiger partial charge in [-0.15, -0.1) is 0 Å². The number of nitrogens with one attached hydrogen (secondary N) is 2. The van der Waals surface area contributed by atoms with E-state index in [-0.39, 0.29) is 11.9 Å². The molecule has 1 atom stereocenters. The number of carbonyl (C=O) groups excluding carboxylic acids is 2. The van der Waals surface area contributed by atoms with Crippen LogP contribution in [-0.4, -0.2) is 43.6 Å². The lowest BCUT2D eigenvalue weighted by molar-refractivity contribution is -0.130. The summed E-state index contributed by atoms with van der Waals surface area (Å²) in [5.74, 6) is 1.04. The molecule has 0 bridgehead atoms. The second-order valence-corrected chi connectivity index (χ2v) is 6.09. The van der Waals surface area contributed by atoms with E-state index in [0.29, 0.717) is 19.1 Å². The Morgan fingerprint density at radius 1 is 1.17 bits per heavy atom. The highest BCUT2D eigenvalue weighted by molar-refractivity contribution is 5.86. The maximum Gasteiger partial charge on any atom is 0.315 e. The Labute approximate surface area is 138 Å². The number of hydrogen-bond donors (Lipinski definition) is 2. The van der Waals surface area contributed by atoms with Crippen LogP contribution in [0.3, 0.4) is 0 Å². The van der Waals surface area contributed by atoms with Crippen molar-refractivity contribution < 1.29 is 14.3 Å². The largest absolute Gasteiger partial charge is 0.493 e. The van der Waals surface area contributed by atoms with E-state index in [4.69, 9.17) is 4.74 Å². The van der Waals surface area contributed by atoms with Crippen LogP contribution in [0.5, 0.6) is 5.75 Å². The van der Waals surface area contributed by atoms with Gasteiger partial charge in [0.25, 0.3) is 0 Å². The van der Waals surface area contributed by atoms with Crippen LogP contribution in [-0.2, 0) is 11.3 Å². The van der Waals surface area contributed by atoms with E-state index in [1.807, 2.05) is 24.3 Å². The van der Waals surface area contributed by atoms with Crippen molar-refractivity contribution in [3.8, 4) is 5.75 Å². The van der Waals surface area contributed by atoms with Gasteiger partial charge in [-0.1, -0.05) is 32.0 Å². The van der Waals surface area contributed by atoms with Crippen LogP contribution < -0.4 is 15.4 Å². The molecule has 1 aromatic carbocycles. The van der Waals surface area contributed by atoms with Gasteiger partial charge < -0.3 is 20.3 Å². The minimum absolute atomic E-state index is 0.152. The summed E-state index contributed by atoms with van der Waals surface area (Å²) in [6.45, 7) is 6.77. The summed E-state index contributed by atoms with van der Waals surface area (Å²) >= 11 is 0. The van der Waals surface area contributed by atoms with E-state index in [2.05, 4.69) is 24.5 Å². The van der Waals surface area contributed by atoms with Crippen molar-refractivity contribution in [1.29, 1.82) is 0 Å². The number of hydrogen-bond acceptors (Lipinski definition) is 3. The Hall–Kier alpha value is -2.24. The lowest BCUT2D eigenvalue weighted by atomic mass is 10.2. The minimum Gasteiger partial charge on any atom is -0.493 e. The number of likely N-dealkylation sites (N-methyl/N-ethyl adjacent to an activating group) is 1. The van der Waals surface area contributed by atoms with Crippen molar-refractivity contribution >= 4 is 11.9 Å².